The topological polar surface area (TPSA) is 91.9 Å². The van der Waals surface area contributed by atoms with Crippen molar-refractivity contribution in [3.05, 3.63) is 71.2 Å². The van der Waals surface area contributed by atoms with Crippen LogP contribution in [0.3, 0.4) is 0 Å². The number of benzene rings is 1. The second kappa shape index (κ2) is 8.68. The molecule has 1 amide bonds. The molecule has 0 spiro atoms. The van der Waals surface area contributed by atoms with E-state index < -0.39 is 0 Å². The van der Waals surface area contributed by atoms with Crippen molar-refractivity contribution < 1.29 is 4.79 Å². The standard InChI is InChI=1S/C21H22N4OS/c22-10-17(11-23)20-7-8-24-12-15(20)3-6-21(26)25-18-4-5-19(14-1-2-14)16(9-18)13-27/h3-12,14,22,27H,1-2,13,23H2,(H,25,26)/b6-3+,17-11?,22-10?. The third-order valence-electron chi connectivity index (χ3n) is 4.51. The van der Waals surface area contributed by atoms with Gasteiger partial charge in [0.1, 0.15) is 0 Å². The molecule has 2 aromatic rings. The zero-order valence-corrected chi connectivity index (χ0v) is 15.7. The summed E-state index contributed by atoms with van der Waals surface area (Å²) in [5.41, 5.74) is 10.9. The normalized spacial score (nSPS) is 14.3. The first-order chi connectivity index (χ1) is 13.2. The predicted octanol–water partition coefficient (Wildman–Crippen LogP) is 3.99. The summed E-state index contributed by atoms with van der Waals surface area (Å²) in [5.74, 6) is 1.07. The summed E-state index contributed by atoms with van der Waals surface area (Å²) >= 11 is 4.41. The Morgan fingerprint density at radius 2 is 2.19 bits per heavy atom. The van der Waals surface area contributed by atoms with Gasteiger partial charge in [0, 0.05) is 53.5 Å². The number of carbonyl (C=O) groups excluding carboxylic acids is 1. The number of thiol groups is 1. The number of hydrogen-bond donors (Lipinski definition) is 4. The van der Waals surface area contributed by atoms with Gasteiger partial charge < -0.3 is 16.5 Å². The fourth-order valence-electron chi connectivity index (χ4n) is 2.98. The summed E-state index contributed by atoms with van der Waals surface area (Å²) in [4.78, 5) is 16.4. The van der Waals surface area contributed by atoms with E-state index in [0.29, 0.717) is 22.8 Å². The molecule has 5 nitrogen and oxygen atoms in total. The highest BCUT2D eigenvalue weighted by Gasteiger charge is 2.25. The number of allylic oxidation sites excluding steroid dienone is 1. The second-order valence-electron chi connectivity index (χ2n) is 6.40. The lowest BCUT2D eigenvalue weighted by molar-refractivity contribution is -0.111. The van der Waals surface area contributed by atoms with Gasteiger partial charge >= 0.3 is 0 Å². The summed E-state index contributed by atoms with van der Waals surface area (Å²) in [6, 6.07) is 7.78. The van der Waals surface area contributed by atoms with E-state index in [1.54, 1.807) is 24.5 Å². The van der Waals surface area contributed by atoms with Gasteiger partial charge in [0.2, 0.25) is 5.91 Å². The third-order valence-corrected chi connectivity index (χ3v) is 4.85. The van der Waals surface area contributed by atoms with Crippen LogP contribution in [-0.2, 0) is 10.5 Å². The number of pyridine rings is 1. The number of hydrogen-bond acceptors (Lipinski definition) is 5. The number of amides is 1. The molecule has 0 radical (unpaired) electrons. The average molecular weight is 379 g/mol. The minimum Gasteiger partial charge on any atom is -0.404 e. The fourth-order valence-corrected chi connectivity index (χ4v) is 3.25. The van der Waals surface area contributed by atoms with Crippen molar-refractivity contribution in [3.8, 4) is 0 Å². The molecule has 1 aliphatic carbocycles. The first-order valence-corrected chi connectivity index (χ1v) is 9.39. The fraction of sp³-hybridized carbons (Fsp3) is 0.190. The van der Waals surface area contributed by atoms with Crippen molar-refractivity contribution in [2.24, 2.45) is 5.73 Å². The van der Waals surface area contributed by atoms with Gasteiger partial charge in [0.25, 0.3) is 0 Å². The first kappa shape index (κ1) is 18.9. The molecular weight excluding hydrogens is 356 g/mol. The lowest BCUT2D eigenvalue weighted by atomic mass is 10.0. The molecule has 1 aliphatic rings. The van der Waals surface area contributed by atoms with Crippen LogP contribution in [0.1, 0.15) is 41.0 Å². The van der Waals surface area contributed by atoms with Crippen LogP contribution in [0, 0.1) is 5.41 Å². The molecule has 0 bridgehead atoms. The van der Waals surface area contributed by atoms with Crippen molar-refractivity contribution >= 4 is 42.1 Å². The highest BCUT2D eigenvalue weighted by molar-refractivity contribution is 7.79. The smallest absolute Gasteiger partial charge is 0.248 e. The quantitative estimate of drug-likeness (QED) is 0.333. The SMILES string of the molecule is N=CC(=CN)c1ccncc1/C=C/C(=O)Nc1ccc(C2CC2)c(CS)c1. The molecular formula is C21H22N4OS. The summed E-state index contributed by atoms with van der Waals surface area (Å²) in [6.45, 7) is 0. The number of nitrogens with zero attached hydrogens (tertiary/aromatic N) is 1. The van der Waals surface area contributed by atoms with Crippen molar-refractivity contribution in [1.29, 1.82) is 5.41 Å². The molecule has 1 saturated carbocycles. The molecule has 4 N–H and O–H groups in total. The van der Waals surface area contributed by atoms with Crippen LogP contribution in [0.25, 0.3) is 11.6 Å². The van der Waals surface area contributed by atoms with Crippen molar-refractivity contribution in [1.82, 2.24) is 4.98 Å². The molecule has 3 rings (SSSR count). The lowest BCUT2D eigenvalue weighted by Gasteiger charge is -2.10. The van der Waals surface area contributed by atoms with Crippen LogP contribution in [0.2, 0.25) is 0 Å². The van der Waals surface area contributed by atoms with E-state index in [0.717, 1.165) is 11.3 Å². The number of nitrogens with one attached hydrogen (secondary N) is 2. The molecule has 138 valence electrons. The van der Waals surface area contributed by atoms with Gasteiger partial charge in [0.05, 0.1) is 0 Å². The van der Waals surface area contributed by atoms with Crippen LogP contribution in [-0.4, -0.2) is 17.1 Å². The second-order valence-corrected chi connectivity index (χ2v) is 6.71. The van der Waals surface area contributed by atoms with Gasteiger partial charge in [-0.1, -0.05) is 6.07 Å². The molecule has 1 aromatic heterocycles. The zero-order chi connectivity index (χ0) is 19.2. The van der Waals surface area contributed by atoms with Crippen LogP contribution in [0.15, 0.2) is 48.9 Å². The van der Waals surface area contributed by atoms with Crippen molar-refractivity contribution in [2.75, 3.05) is 5.32 Å². The molecule has 6 heteroatoms. The average Bonchev–Trinajstić information content (AvgIpc) is 3.53. The number of anilines is 1. The van der Waals surface area contributed by atoms with Crippen LogP contribution < -0.4 is 11.1 Å². The van der Waals surface area contributed by atoms with Crippen molar-refractivity contribution in [3.63, 3.8) is 0 Å². The Labute approximate surface area is 164 Å². The van der Waals surface area contributed by atoms with Gasteiger partial charge in [-0.25, -0.2) is 0 Å². The summed E-state index contributed by atoms with van der Waals surface area (Å²) in [5, 5.41) is 10.3. The molecule has 0 unspecified atom stereocenters. The maximum atomic E-state index is 12.3. The van der Waals surface area contributed by atoms with Crippen LogP contribution in [0.4, 0.5) is 5.69 Å². The molecule has 1 aromatic carbocycles. The number of nitrogens with two attached hydrogens (primary N) is 1. The Balaban J connectivity index is 1.74. The minimum absolute atomic E-state index is 0.234. The van der Waals surface area contributed by atoms with Gasteiger partial charge in [-0.3, -0.25) is 9.78 Å². The Hall–Kier alpha value is -2.86. The van der Waals surface area contributed by atoms with E-state index >= 15 is 0 Å². The zero-order valence-electron chi connectivity index (χ0n) is 14.9. The van der Waals surface area contributed by atoms with Gasteiger partial charge in [0.15, 0.2) is 0 Å². The van der Waals surface area contributed by atoms with Gasteiger partial charge in [-0.2, -0.15) is 12.6 Å². The Morgan fingerprint density at radius 1 is 1.37 bits per heavy atom. The van der Waals surface area contributed by atoms with Gasteiger partial charge in [-0.15, -0.1) is 0 Å². The van der Waals surface area contributed by atoms with E-state index in [1.165, 1.54) is 42.5 Å². The summed E-state index contributed by atoms with van der Waals surface area (Å²) < 4.78 is 0. The molecule has 27 heavy (non-hydrogen) atoms. The number of carbonyl (C=O) groups is 1. The van der Waals surface area contributed by atoms with E-state index in [-0.39, 0.29) is 5.91 Å². The number of rotatable bonds is 7. The van der Waals surface area contributed by atoms with E-state index in [1.807, 2.05) is 12.1 Å². The first-order valence-electron chi connectivity index (χ1n) is 8.75. The van der Waals surface area contributed by atoms with Gasteiger partial charge in [-0.05, 0) is 59.7 Å². The molecule has 1 fully saturated rings. The van der Waals surface area contributed by atoms with E-state index in [2.05, 4.69) is 29.0 Å². The Bertz CT molecular complexity index is 916. The monoisotopic (exact) mass is 378 g/mol. The lowest BCUT2D eigenvalue weighted by Crippen LogP contribution is -2.08. The maximum absolute atomic E-state index is 12.3. The Kier molecular flexibility index (Phi) is 6.08. The highest BCUT2D eigenvalue weighted by atomic mass is 32.1. The van der Waals surface area contributed by atoms with Crippen molar-refractivity contribution in [2.45, 2.75) is 24.5 Å². The summed E-state index contributed by atoms with van der Waals surface area (Å²) in [7, 11) is 0. The van der Waals surface area contributed by atoms with E-state index in [9.17, 15) is 4.79 Å². The summed E-state index contributed by atoms with van der Waals surface area (Å²) in [6.07, 6.45) is 11.4. The number of aromatic nitrogens is 1. The molecule has 0 saturated heterocycles. The largest absolute Gasteiger partial charge is 0.404 e. The maximum Gasteiger partial charge on any atom is 0.248 e. The molecule has 0 aliphatic heterocycles. The Morgan fingerprint density at radius 3 is 2.85 bits per heavy atom. The van der Waals surface area contributed by atoms with E-state index in [4.69, 9.17) is 11.1 Å². The molecule has 0 atom stereocenters. The molecule has 1 heterocycles. The van der Waals surface area contributed by atoms with Crippen LogP contribution in [0.5, 0.6) is 0 Å². The highest BCUT2D eigenvalue weighted by Crippen LogP contribution is 2.42. The van der Waals surface area contributed by atoms with Crippen LogP contribution >= 0.6 is 12.6 Å². The predicted molar refractivity (Wildman–Crippen MR) is 114 cm³/mol. The minimum atomic E-state index is -0.234. The third kappa shape index (κ3) is 4.65.